The van der Waals surface area contributed by atoms with Crippen LogP contribution in [0.5, 0.6) is 0 Å². The minimum Gasteiger partial charge on any atom is -0.203 e. The summed E-state index contributed by atoms with van der Waals surface area (Å²) >= 11 is 0. The number of halogens is 10. The standard InChI is InChI=1S/C14HF10N/c15-5-3(6(16)10(20)13(23)9(5)19)2(1-25)4-7(17)11(21)14(24)12(22)8(4)18/h2H. The van der Waals surface area contributed by atoms with E-state index in [2.05, 4.69) is 0 Å². The van der Waals surface area contributed by atoms with Crippen LogP contribution in [0, 0.1) is 69.5 Å². The van der Waals surface area contributed by atoms with Crippen molar-refractivity contribution in [3.8, 4) is 6.07 Å². The van der Waals surface area contributed by atoms with Gasteiger partial charge in [0, 0.05) is 0 Å². The Hall–Kier alpha value is -2.77. The van der Waals surface area contributed by atoms with Gasteiger partial charge in [0.15, 0.2) is 46.5 Å². The van der Waals surface area contributed by atoms with Crippen LogP contribution in [0.4, 0.5) is 43.9 Å². The Kier molecular flexibility index (Phi) is 4.66. The molecule has 0 aliphatic carbocycles. The fraction of sp³-hybridized carbons (Fsp3) is 0.0714. The predicted molar refractivity (Wildman–Crippen MR) is 59.9 cm³/mol. The van der Waals surface area contributed by atoms with Crippen molar-refractivity contribution < 1.29 is 43.9 Å². The van der Waals surface area contributed by atoms with Gasteiger partial charge in [-0.2, -0.15) is 5.26 Å². The zero-order valence-electron chi connectivity index (χ0n) is 11.3. The van der Waals surface area contributed by atoms with Crippen molar-refractivity contribution in [2.45, 2.75) is 5.92 Å². The van der Waals surface area contributed by atoms with Crippen molar-refractivity contribution in [2.24, 2.45) is 0 Å². The highest BCUT2D eigenvalue weighted by Gasteiger charge is 2.37. The summed E-state index contributed by atoms with van der Waals surface area (Å²) in [5.41, 5.74) is -4.11. The summed E-state index contributed by atoms with van der Waals surface area (Å²) in [5, 5.41) is 8.84. The molecule has 0 saturated heterocycles. The SMILES string of the molecule is N#CC(c1c(F)c(F)c(F)c(F)c1F)c1c(F)c(F)c(F)c(F)c1F. The van der Waals surface area contributed by atoms with Crippen LogP contribution >= 0.6 is 0 Å². The summed E-state index contributed by atoms with van der Waals surface area (Å²) < 4.78 is 133. The summed E-state index contributed by atoms with van der Waals surface area (Å²) in [4.78, 5) is 0. The van der Waals surface area contributed by atoms with Gasteiger partial charge in [0.1, 0.15) is 5.92 Å². The van der Waals surface area contributed by atoms with Crippen LogP contribution < -0.4 is 0 Å². The molecule has 0 atom stereocenters. The molecular formula is C14HF10N. The first-order valence-electron chi connectivity index (χ1n) is 5.98. The normalized spacial score (nSPS) is 11.1. The number of rotatable bonds is 2. The molecule has 0 N–H and O–H groups in total. The zero-order chi connectivity index (χ0) is 19.2. The second kappa shape index (κ2) is 6.27. The van der Waals surface area contributed by atoms with Gasteiger partial charge < -0.3 is 0 Å². The molecule has 0 aromatic heterocycles. The summed E-state index contributed by atoms with van der Waals surface area (Å²) in [7, 11) is 0. The molecule has 0 aliphatic heterocycles. The summed E-state index contributed by atoms with van der Waals surface area (Å²) in [6.07, 6.45) is 0. The third-order valence-corrected chi connectivity index (χ3v) is 3.19. The molecule has 11 heteroatoms. The number of hydrogen-bond acceptors (Lipinski definition) is 1. The molecule has 0 fully saturated rings. The average molecular weight is 373 g/mol. The highest BCUT2D eigenvalue weighted by atomic mass is 19.2. The van der Waals surface area contributed by atoms with Gasteiger partial charge in [-0.25, -0.2) is 43.9 Å². The molecule has 0 saturated carbocycles. The second-order valence-corrected chi connectivity index (χ2v) is 4.53. The van der Waals surface area contributed by atoms with E-state index in [-0.39, 0.29) is 0 Å². The monoisotopic (exact) mass is 373 g/mol. The van der Waals surface area contributed by atoms with Crippen LogP contribution in [0.1, 0.15) is 17.0 Å². The number of nitriles is 1. The number of hydrogen-bond donors (Lipinski definition) is 0. The summed E-state index contributed by atoms with van der Waals surface area (Å²) in [6.45, 7) is 0. The van der Waals surface area contributed by atoms with Gasteiger partial charge >= 0.3 is 0 Å². The molecule has 0 bridgehead atoms. The van der Waals surface area contributed by atoms with Crippen molar-refractivity contribution in [2.75, 3.05) is 0 Å². The van der Waals surface area contributed by atoms with Crippen LogP contribution in [-0.4, -0.2) is 0 Å². The Morgan fingerprint density at radius 1 is 0.440 bits per heavy atom. The van der Waals surface area contributed by atoms with E-state index in [1.807, 2.05) is 0 Å². The fourth-order valence-electron chi connectivity index (χ4n) is 2.02. The predicted octanol–water partition coefficient (Wildman–Crippen LogP) is 4.73. The van der Waals surface area contributed by atoms with E-state index in [4.69, 9.17) is 5.26 Å². The molecule has 0 amide bonds. The summed E-state index contributed by atoms with van der Waals surface area (Å²) in [5.74, 6) is -29.1. The highest BCUT2D eigenvalue weighted by molar-refractivity contribution is 5.42. The molecular weight excluding hydrogens is 372 g/mol. The number of nitrogens with zero attached hydrogens (tertiary/aromatic N) is 1. The Morgan fingerprint density at radius 3 is 0.840 bits per heavy atom. The Balaban J connectivity index is 2.93. The molecule has 0 spiro atoms. The molecule has 0 unspecified atom stereocenters. The lowest BCUT2D eigenvalue weighted by atomic mass is 9.90. The van der Waals surface area contributed by atoms with Crippen LogP contribution in [0.25, 0.3) is 0 Å². The lowest BCUT2D eigenvalue weighted by Crippen LogP contribution is -2.16. The lowest BCUT2D eigenvalue weighted by molar-refractivity contribution is 0.359. The largest absolute Gasteiger partial charge is 0.203 e. The molecule has 0 aliphatic rings. The van der Waals surface area contributed by atoms with Gasteiger partial charge in [-0.05, 0) is 0 Å². The second-order valence-electron chi connectivity index (χ2n) is 4.53. The van der Waals surface area contributed by atoms with E-state index in [1.165, 1.54) is 0 Å². The minimum absolute atomic E-state index is 0.774. The van der Waals surface area contributed by atoms with Crippen molar-refractivity contribution in [1.82, 2.24) is 0 Å². The highest BCUT2D eigenvalue weighted by Crippen LogP contribution is 2.37. The zero-order valence-corrected chi connectivity index (χ0v) is 11.3. The molecule has 132 valence electrons. The van der Waals surface area contributed by atoms with E-state index < -0.39 is 75.2 Å². The van der Waals surface area contributed by atoms with E-state index >= 15 is 0 Å². The van der Waals surface area contributed by atoms with Crippen LogP contribution in [0.15, 0.2) is 0 Å². The molecule has 2 rings (SSSR count). The maximum atomic E-state index is 13.7. The maximum absolute atomic E-state index is 13.7. The molecule has 0 radical (unpaired) electrons. The lowest BCUT2D eigenvalue weighted by Gasteiger charge is -2.16. The van der Waals surface area contributed by atoms with Gasteiger partial charge in [-0.15, -0.1) is 0 Å². The first-order valence-corrected chi connectivity index (χ1v) is 5.98. The van der Waals surface area contributed by atoms with E-state index in [0.717, 1.165) is 6.07 Å². The van der Waals surface area contributed by atoms with Gasteiger partial charge in [-0.1, -0.05) is 0 Å². The fourth-order valence-corrected chi connectivity index (χ4v) is 2.02. The maximum Gasteiger partial charge on any atom is 0.200 e. The first kappa shape index (κ1) is 18.6. The number of benzene rings is 2. The third-order valence-electron chi connectivity index (χ3n) is 3.19. The van der Waals surface area contributed by atoms with E-state index in [1.54, 1.807) is 0 Å². The van der Waals surface area contributed by atoms with Crippen LogP contribution in [-0.2, 0) is 0 Å². The first-order chi connectivity index (χ1) is 11.6. The summed E-state index contributed by atoms with van der Waals surface area (Å²) in [6, 6.07) is 0.774. The topological polar surface area (TPSA) is 23.8 Å². The molecule has 2 aromatic carbocycles. The van der Waals surface area contributed by atoms with Gasteiger partial charge in [0.25, 0.3) is 0 Å². The van der Waals surface area contributed by atoms with Gasteiger partial charge in [-0.3, -0.25) is 0 Å². The Bertz CT molecular complexity index is 803. The van der Waals surface area contributed by atoms with Crippen molar-refractivity contribution in [3.63, 3.8) is 0 Å². The Morgan fingerprint density at radius 2 is 0.640 bits per heavy atom. The van der Waals surface area contributed by atoms with Crippen molar-refractivity contribution in [3.05, 3.63) is 69.3 Å². The molecule has 0 heterocycles. The minimum atomic E-state index is -3.01. The third kappa shape index (κ3) is 2.57. The molecule has 2 aromatic rings. The molecule has 1 nitrogen and oxygen atoms in total. The van der Waals surface area contributed by atoms with Gasteiger partial charge in [0.05, 0.1) is 17.2 Å². The quantitative estimate of drug-likeness (QED) is 0.424. The van der Waals surface area contributed by atoms with E-state index in [9.17, 15) is 43.9 Å². The van der Waals surface area contributed by atoms with Crippen LogP contribution in [0.3, 0.4) is 0 Å². The van der Waals surface area contributed by atoms with E-state index in [0.29, 0.717) is 0 Å². The molecule has 25 heavy (non-hydrogen) atoms. The van der Waals surface area contributed by atoms with Crippen molar-refractivity contribution >= 4 is 0 Å². The average Bonchev–Trinajstić information content (AvgIpc) is 2.60. The van der Waals surface area contributed by atoms with Gasteiger partial charge in [0.2, 0.25) is 11.6 Å². The Labute approximate surface area is 131 Å². The van der Waals surface area contributed by atoms with Crippen LogP contribution in [0.2, 0.25) is 0 Å². The smallest absolute Gasteiger partial charge is 0.200 e. The van der Waals surface area contributed by atoms with Crippen molar-refractivity contribution in [1.29, 1.82) is 5.26 Å².